The number of unbranched alkanes of at least 4 members (excludes halogenated alkanes) is 1. The second-order valence-electron chi connectivity index (χ2n) is 11.0. The molecule has 4 atom stereocenters. The van der Waals surface area contributed by atoms with Gasteiger partial charge in [0, 0.05) is 12.8 Å². The molecule has 7 nitrogen and oxygen atoms in total. The average Bonchev–Trinajstić information content (AvgIpc) is 3.34. The molecular formula is C31H42N3O4+. The number of esters is 1. The van der Waals surface area contributed by atoms with Crippen LogP contribution in [0.2, 0.25) is 0 Å². The lowest BCUT2D eigenvalue weighted by molar-refractivity contribution is -0.862. The maximum atomic E-state index is 14.0. The topological polar surface area (TPSA) is 110 Å². The lowest BCUT2D eigenvalue weighted by atomic mass is 9.69. The lowest BCUT2D eigenvalue weighted by Gasteiger charge is -2.42. The number of nitrogens with zero attached hydrogens (tertiary/aromatic N) is 2. The molecule has 1 aromatic rings. The first-order valence-corrected chi connectivity index (χ1v) is 13.9. The molecule has 2 aliphatic rings. The van der Waals surface area contributed by atoms with Crippen LogP contribution in [0.15, 0.2) is 54.6 Å². The van der Waals surface area contributed by atoms with E-state index in [4.69, 9.17) is 10.5 Å². The Morgan fingerprint density at radius 2 is 1.95 bits per heavy atom. The molecule has 1 saturated heterocycles. The number of hydrogen-bond acceptors (Lipinski definition) is 5. The molecule has 1 aliphatic carbocycles. The fourth-order valence-corrected chi connectivity index (χ4v) is 6.36. The van der Waals surface area contributed by atoms with Gasteiger partial charge in [0.1, 0.15) is 12.0 Å². The number of ether oxygens (including phenoxy) is 1. The fraction of sp³-hybridized carbons (Fsp3) is 0.548. The molecule has 1 heterocycles. The summed E-state index contributed by atoms with van der Waals surface area (Å²) >= 11 is 0. The standard InChI is InChI=1S/C31H41N3O4/c1-4-38-29(37)30(18-10-6-11-19-30)23-34(21-13-16-26(34)28(33)36)27(35)17-9-12-20-31(22-32,24(2)3)25-14-7-5-8-15-25/h5-8,10-11,14-15,18,24,26H,4,9,12-13,16-17,19-21,23H2,1-3H3,(H-,33,36)/p+1/t26-,30?,31+,34-/m1/s1. The van der Waals surface area contributed by atoms with Crippen molar-refractivity contribution in [2.75, 3.05) is 19.7 Å². The largest absolute Gasteiger partial charge is 0.465 e. The highest BCUT2D eigenvalue weighted by Crippen LogP contribution is 2.40. The predicted molar refractivity (Wildman–Crippen MR) is 146 cm³/mol. The molecule has 2 amide bonds. The molecule has 2 N–H and O–H groups in total. The van der Waals surface area contributed by atoms with Crippen molar-refractivity contribution in [2.45, 2.75) is 77.2 Å². The van der Waals surface area contributed by atoms with Gasteiger partial charge in [0.05, 0.1) is 31.1 Å². The summed E-state index contributed by atoms with van der Waals surface area (Å²) in [6, 6.07) is 11.8. The zero-order valence-electron chi connectivity index (χ0n) is 23.0. The van der Waals surface area contributed by atoms with Gasteiger partial charge in [0.15, 0.2) is 6.04 Å². The number of benzene rings is 1. The first-order valence-electron chi connectivity index (χ1n) is 13.9. The number of carbonyl (C=O) groups excluding carboxylic acids is 3. The van der Waals surface area contributed by atoms with Crippen LogP contribution >= 0.6 is 0 Å². The van der Waals surface area contributed by atoms with Crippen molar-refractivity contribution in [3.05, 3.63) is 60.2 Å². The van der Waals surface area contributed by atoms with Crippen LogP contribution in [0.1, 0.15) is 71.3 Å². The van der Waals surface area contributed by atoms with Crippen LogP contribution in [0.3, 0.4) is 0 Å². The SMILES string of the molecule is CCOC(=O)C1(C[N@+]2(C(=O)CCCC[C@@](C#N)(c3ccccc3)C(C)C)CCC[C@@H]2C(N)=O)C=CC=CC1. The van der Waals surface area contributed by atoms with Crippen LogP contribution in [-0.2, 0) is 24.5 Å². The van der Waals surface area contributed by atoms with E-state index in [1.54, 1.807) is 6.92 Å². The van der Waals surface area contributed by atoms with E-state index in [0.717, 1.165) is 5.56 Å². The van der Waals surface area contributed by atoms with Crippen molar-refractivity contribution in [3.63, 3.8) is 0 Å². The monoisotopic (exact) mass is 520 g/mol. The molecule has 204 valence electrons. The molecule has 1 aromatic carbocycles. The zero-order valence-corrected chi connectivity index (χ0v) is 23.0. The van der Waals surface area contributed by atoms with Crippen molar-refractivity contribution in [1.82, 2.24) is 0 Å². The molecule has 0 saturated carbocycles. The Hall–Kier alpha value is -3.24. The minimum absolute atomic E-state index is 0.0651. The second kappa shape index (κ2) is 12.5. The molecule has 1 unspecified atom stereocenters. The predicted octanol–water partition coefficient (Wildman–Crippen LogP) is 4.72. The average molecular weight is 521 g/mol. The quantitative estimate of drug-likeness (QED) is 0.244. The smallest absolute Gasteiger partial charge is 0.322 e. The molecule has 1 fully saturated rings. The van der Waals surface area contributed by atoms with E-state index in [1.807, 2.05) is 54.6 Å². The van der Waals surface area contributed by atoms with Gasteiger partial charge in [-0.1, -0.05) is 74.9 Å². The maximum Gasteiger partial charge on any atom is 0.322 e. The van der Waals surface area contributed by atoms with Crippen LogP contribution in [0.4, 0.5) is 0 Å². The zero-order chi connectivity index (χ0) is 27.8. The summed E-state index contributed by atoms with van der Waals surface area (Å²) in [4.78, 5) is 39.7. The van der Waals surface area contributed by atoms with Crippen molar-refractivity contribution >= 4 is 17.8 Å². The Balaban J connectivity index is 1.81. The van der Waals surface area contributed by atoms with Gasteiger partial charge in [0.25, 0.3) is 5.91 Å². The molecule has 3 rings (SSSR count). The Morgan fingerprint density at radius 1 is 1.21 bits per heavy atom. The molecule has 38 heavy (non-hydrogen) atoms. The van der Waals surface area contributed by atoms with E-state index < -0.39 is 22.8 Å². The van der Waals surface area contributed by atoms with Crippen molar-refractivity contribution in [1.29, 1.82) is 5.26 Å². The molecule has 0 aromatic heterocycles. The number of amides is 2. The van der Waals surface area contributed by atoms with Gasteiger partial charge in [-0.15, -0.1) is 0 Å². The highest BCUT2D eigenvalue weighted by atomic mass is 16.5. The number of nitriles is 1. The van der Waals surface area contributed by atoms with Gasteiger partial charge >= 0.3 is 11.9 Å². The molecule has 0 spiro atoms. The van der Waals surface area contributed by atoms with Crippen LogP contribution in [0, 0.1) is 22.7 Å². The lowest BCUT2D eigenvalue weighted by Crippen LogP contribution is -2.64. The normalized spacial score (nSPS) is 26.0. The number of hydrogen-bond donors (Lipinski definition) is 1. The highest BCUT2D eigenvalue weighted by molar-refractivity contribution is 5.84. The van der Waals surface area contributed by atoms with E-state index in [9.17, 15) is 19.6 Å². The number of carbonyl (C=O) groups is 3. The third-order valence-electron chi connectivity index (χ3n) is 8.53. The number of nitrogens with two attached hydrogens (primary N) is 1. The number of rotatable bonds is 12. The van der Waals surface area contributed by atoms with Crippen molar-refractivity contribution in [2.24, 2.45) is 17.1 Å². The Labute approximate surface area is 226 Å². The van der Waals surface area contributed by atoms with Gasteiger partial charge in [-0.25, -0.2) is 9.28 Å². The summed E-state index contributed by atoms with van der Waals surface area (Å²) in [5.41, 5.74) is 5.18. The molecule has 0 bridgehead atoms. The number of allylic oxidation sites excluding steroid dienone is 3. The van der Waals surface area contributed by atoms with Crippen LogP contribution in [0.5, 0.6) is 0 Å². The van der Waals surface area contributed by atoms with E-state index in [-0.39, 0.29) is 41.8 Å². The van der Waals surface area contributed by atoms with Crippen LogP contribution in [-0.4, -0.2) is 48.0 Å². The van der Waals surface area contributed by atoms with E-state index in [2.05, 4.69) is 19.9 Å². The van der Waals surface area contributed by atoms with Gasteiger partial charge in [-0.2, -0.15) is 5.26 Å². The molecule has 7 heteroatoms. The number of quaternary nitrogens is 1. The fourth-order valence-electron chi connectivity index (χ4n) is 6.36. The third-order valence-corrected chi connectivity index (χ3v) is 8.53. The summed E-state index contributed by atoms with van der Waals surface area (Å²) in [7, 11) is 0. The van der Waals surface area contributed by atoms with E-state index >= 15 is 0 Å². The molecule has 0 radical (unpaired) electrons. The van der Waals surface area contributed by atoms with Gasteiger partial charge in [-0.05, 0) is 37.7 Å². The highest BCUT2D eigenvalue weighted by Gasteiger charge is 2.56. The second-order valence-corrected chi connectivity index (χ2v) is 11.0. The summed E-state index contributed by atoms with van der Waals surface area (Å²) in [6.45, 7) is 6.76. The van der Waals surface area contributed by atoms with E-state index in [0.29, 0.717) is 45.1 Å². The Kier molecular flexibility index (Phi) is 9.67. The van der Waals surface area contributed by atoms with Crippen molar-refractivity contribution < 1.29 is 23.6 Å². The minimum Gasteiger partial charge on any atom is -0.465 e. The van der Waals surface area contributed by atoms with Gasteiger partial charge < -0.3 is 10.5 Å². The van der Waals surface area contributed by atoms with Crippen LogP contribution < -0.4 is 5.73 Å². The first-order chi connectivity index (χ1) is 18.2. The van der Waals surface area contributed by atoms with Crippen molar-refractivity contribution in [3.8, 4) is 6.07 Å². The number of primary amides is 1. The van der Waals surface area contributed by atoms with Crippen LogP contribution in [0.25, 0.3) is 0 Å². The van der Waals surface area contributed by atoms with Gasteiger partial charge in [0.2, 0.25) is 0 Å². The molecular weight excluding hydrogens is 478 g/mol. The first kappa shape index (κ1) is 29.3. The van der Waals surface area contributed by atoms with E-state index in [1.165, 1.54) is 0 Å². The molecule has 1 aliphatic heterocycles. The number of likely N-dealkylation sites (tertiary alicyclic amines) is 1. The summed E-state index contributed by atoms with van der Waals surface area (Å²) in [6.07, 6.45) is 11.2. The maximum absolute atomic E-state index is 14.0. The third kappa shape index (κ3) is 5.76. The van der Waals surface area contributed by atoms with Gasteiger partial charge in [-0.3, -0.25) is 9.59 Å². The minimum atomic E-state index is -1.01. The summed E-state index contributed by atoms with van der Waals surface area (Å²) in [5, 5.41) is 10.2. The summed E-state index contributed by atoms with van der Waals surface area (Å²) in [5.74, 6) is -0.834. The Morgan fingerprint density at radius 3 is 2.53 bits per heavy atom. The summed E-state index contributed by atoms with van der Waals surface area (Å²) < 4.78 is 5.32. The Bertz CT molecular complexity index is 1110.